The fraction of sp³-hybridized carbons (Fsp3) is 0.222. The van der Waals surface area contributed by atoms with Crippen molar-refractivity contribution in [2.24, 2.45) is 0 Å². The topological polar surface area (TPSA) is 26.3 Å². The highest BCUT2D eigenvalue weighted by Crippen LogP contribution is 2.27. The molecular formula is C9H7BrF2O2. The highest BCUT2D eigenvalue weighted by atomic mass is 79.9. The average molecular weight is 265 g/mol. The minimum atomic E-state index is -3.53. The Balaban J connectivity index is 3.02. The van der Waals surface area contributed by atoms with Crippen LogP contribution in [-0.4, -0.2) is 17.7 Å². The standard InChI is InChI=1S/C9H7BrF2O2/c1-14-7-4-2-3-6(5-7)8(13)9(10,11)12/h2-5H,1H3. The lowest BCUT2D eigenvalue weighted by molar-refractivity contribution is 0.0592. The number of ether oxygens (including phenoxy) is 1. The van der Waals surface area contributed by atoms with Crippen LogP contribution >= 0.6 is 15.9 Å². The number of carbonyl (C=O) groups excluding carboxylic acids is 1. The lowest BCUT2D eigenvalue weighted by Gasteiger charge is -2.07. The van der Waals surface area contributed by atoms with E-state index in [1.54, 1.807) is 6.07 Å². The van der Waals surface area contributed by atoms with Crippen LogP contribution in [0, 0.1) is 0 Å². The van der Waals surface area contributed by atoms with Gasteiger partial charge in [0.1, 0.15) is 5.75 Å². The van der Waals surface area contributed by atoms with Crippen molar-refractivity contribution < 1.29 is 18.3 Å². The minimum absolute atomic E-state index is 0.0915. The Labute approximate surface area is 88.0 Å². The molecule has 0 unspecified atom stereocenters. The van der Waals surface area contributed by atoms with Gasteiger partial charge in [-0.25, -0.2) is 0 Å². The summed E-state index contributed by atoms with van der Waals surface area (Å²) in [6.45, 7) is 0. The van der Waals surface area contributed by atoms with Crippen molar-refractivity contribution in [1.29, 1.82) is 0 Å². The molecule has 76 valence electrons. The van der Waals surface area contributed by atoms with Crippen LogP contribution in [0.3, 0.4) is 0 Å². The van der Waals surface area contributed by atoms with Gasteiger partial charge in [-0.2, -0.15) is 8.78 Å². The van der Waals surface area contributed by atoms with E-state index in [9.17, 15) is 13.6 Å². The first-order valence-electron chi connectivity index (χ1n) is 3.70. The zero-order chi connectivity index (χ0) is 10.8. The molecule has 0 aromatic heterocycles. The molecule has 0 aliphatic heterocycles. The first-order chi connectivity index (χ1) is 6.45. The fourth-order valence-corrected chi connectivity index (χ4v) is 1.16. The van der Waals surface area contributed by atoms with Crippen LogP contribution in [0.15, 0.2) is 24.3 Å². The van der Waals surface area contributed by atoms with Crippen molar-refractivity contribution in [3.05, 3.63) is 29.8 Å². The van der Waals surface area contributed by atoms with Crippen molar-refractivity contribution in [3.8, 4) is 5.75 Å². The third kappa shape index (κ3) is 2.51. The highest BCUT2D eigenvalue weighted by Gasteiger charge is 2.35. The molecule has 5 heteroatoms. The number of benzene rings is 1. The van der Waals surface area contributed by atoms with E-state index in [1.807, 2.05) is 15.9 Å². The number of carbonyl (C=O) groups is 1. The van der Waals surface area contributed by atoms with Gasteiger partial charge in [0.15, 0.2) is 0 Å². The molecule has 2 nitrogen and oxygen atoms in total. The number of rotatable bonds is 3. The van der Waals surface area contributed by atoms with Crippen molar-refractivity contribution in [3.63, 3.8) is 0 Å². The predicted molar refractivity (Wildman–Crippen MR) is 51.2 cm³/mol. The van der Waals surface area contributed by atoms with Crippen LogP contribution in [-0.2, 0) is 0 Å². The summed E-state index contributed by atoms with van der Waals surface area (Å²) in [5.41, 5.74) is -0.0915. The Morgan fingerprint density at radius 2 is 2.14 bits per heavy atom. The molecule has 1 aromatic rings. The van der Waals surface area contributed by atoms with Gasteiger partial charge in [-0.1, -0.05) is 12.1 Å². The summed E-state index contributed by atoms with van der Waals surface area (Å²) in [5.74, 6) is -0.913. The van der Waals surface area contributed by atoms with Crippen LogP contribution in [0.25, 0.3) is 0 Å². The van der Waals surface area contributed by atoms with Crippen LogP contribution in [0.4, 0.5) is 8.78 Å². The molecule has 0 heterocycles. The normalized spacial score (nSPS) is 11.1. The number of hydrogen-bond acceptors (Lipinski definition) is 2. The molecule has 0 radical (unpaired) electrons. The van der Waals surface area contributed by atoms with Gasteiger partial charge in [0.2, 0.25) is 5.78 Å². The maximum Gasteiger partial charge on any atom is 0.363 e. The highest BCUT2D eigenvalue weighted by molar-refractivity contribution is 9.10. The zero-order valence-corrected chi connectivity index (χ0v) is 8.85. The second kappa shape index (κ2) is 4.04. The first kappa shape index (κ1) is 11.1. The van der Waals surface area contributed by atoms with E-state index >= 15 is 0 Å². The number of alkyl halides is 3. The molecule has 1 aromatic carbocycles. The van der Waals surface area contributed by atoms with Crippen LogP contribution in [0.1, 0.15) is 10.4 Å². The molecule has 0 atom stereocenters. The van der Waals surface area contributed by atoms with Gasteiger partial charge < -0.3 is 4.74 Å². The number of halogens is 3. The first-order valence-corrected chi connectivity index (χ1v) is 4.50. The quantitative estimate of drug-likeness (QED) is 0.620. The minimum Gasteiger partial charge on any atom is -0.497 e. The van der Waals surface area contributed by atoms with Gasteiger partial charge in [0, 0.05) is 5.56 Å². The third-order valence-electron chi connectivity index (χ3n) is 1.59. The maximum atomic E-state index is 12.6. The summed E-state index contributed by atoms with van der Waals surface area (Å²) in [6, 6.07) is 5.62. The molecule has 0 saturated carbocycles. The Kier molecular flexibility index (Phi) is 3.21. The van der Waals surface area contributed by atoms with Gasteiger partial charge in [-0.15, -0.1) is 0 Å². The van der Waals surface area contributed by atoms with Crippen molar-refractivity contribution in [2.75, 3.05) is 7.11 Å². The van der Waals surface area contributed by atoms with E-state index in [0.29, 0.717) is 5.75 Å². The molecule has 0 aliphatic rings. The summed E-state index contributed by atoms with van der Waals surface area (Å²) in [4.78, 5) is 7.55. The monoisotopic (exact) mass is 264 g/mol. The van der Waals surface area contributed by atoms with Gasteiger partial charge >= 0.3 is 4.83 Å². The number of methoxy groups -OCH3 is 1. The summed E-state index contributed by atoms with van der Waals surface area (Å²) >= 11 is 2.00. The molecule has 0 N–H and O–H groups in total. The molecule has 0 spiro atoms. The summed E-state index contributed by atoms with van der Waals surface area (Å²) in [5, 5.41) is 0. The molecule has 1 rings (SSSR count). The fourth-order valence-electron chi connectivity index (χ4n) is 0.928. The largest absolute Gasteiger partial charge is 0.497 e. The Bertz CT molecular complexity index is 347. The van der Waals surface area contributed by atoms with Gasteiger partial charge in [-0.3, -0.25) is 4.79 Å². The summed E-state index contributed by atoms with van der Waals surface area (Å²) in [7, 11) is 1.40. The van der Waals surface area contributed by atoms with Crippen molar-refractivity contribution in [1.82, 2.24) is 0 Å². The third-order valence-corrected chi connectivity index (χ3v) is 1.95. The SMILES string of the molecule is COc1cccc(C(=O)C(F)(F)Br)c1. The Hall–Kier alpha value is -0.970. The lowest BCUT2D eigenvalue weighted by atomic mass is 10.1. The molecule has 0 amide bonds. The van der Waals surface area contributed by atoms with E-state index in [0.717, 1.165) is 0 Å². The van der Waals surface area contributed by atoms with Gasteiger partial charge in [0.05, 0.1) is 7.11 Å². The molecule has 0 saturated heterocycles. The van der Waals surface area contributed by atoms with E-state index < -0.39 is 10.6 Å². The molecule has 14 heavy (non-hydrogen) atoms. The summed E-state index contributed by atoms with van der Waals surface area (Å²) < 4.78 is 29.9. The van der Waals surface area contributed by atoms with Gasteiger partial charge in [0.25, 0.3) is 0 Å². The Morgan fingerprint density at radius 1 is 1.50 bits per heavy atom. The summed E-state index contributed by atoms with van der Waals surface area (Å²) in [6.07, 6.45) is 0. The lowest BCUT2D eigenvalue weighted by Crippen LogP contribution is -2.20. The van der Waals surface area contributed by atoms with Gasteiger partial charge in [-0.05, 0) is 28.1 Å². The van der Waals surface area contributed by atoms with Crippen molar-refractivity contribution in [2.45, 2.75) is 4.83 Å². The molecule has 0 bridgehead atoms. The van der Waals surface area contributed by atoms with Crippen LogP contribution < -0.4 is 4.74 Å². The zero-order valence-electron chi connectivity index (χ0n) is 7.26. The van der Waals surface area contributed by atoms with Crippen LogP contribution in [0.5, 0.6) is 5.75 Å². The van der Waals surface area contributed by atoms with Crippen LogP contribution in [0.2, 0.25) is 0 Å². The predicted octanol–water partition coefficient (Wildman–Crippen LogP) is 2.87. The molecule has 0 aliphatic carbocycles. The smallest absolute Gasteiger partial charge is 0.363 e. The van der Waals surface area contributed by atoms with E-state index in [2.05, 4.69) is 0 Å². The molecule has 0 fully saturated rings. The van der Waals surface area contributed by atoms with Crippen molar-refractivity contribution >= 4 is 21.7 Å². The second-order valence-corrected chi connectivity index (χ2v) is 3.55. The average Bonchev–Trinajstić information content (AvgIpc) is 2.15. The number of ketones is 1. The van der Waals surface area contributed by atoms with E-state index in [-0.39, 0.29) is 5.56 Å². The number of hydrogen-bond donors (Lipinski definition) is 0. The van der Waals surface area contributed by atoms with E-state index in [1.165, 1.54) is 25.3 Å². The molecular weight excluding hydrogens is 258 g/mol. The number of Topliss-reactive ketones (excluding diaryl/α,β-unsaturated/α-hetero) is 1. The Morgan fingerprint density at radius 3 is 2.64 bits per heavy atom. The van der Waals surface area contributed by atoms with E-state index in [4.69, 9.17) is 4.74 Å². The second-order valence-electron chi connectivity index (χ2n) is 2.56. The maximum absolute atomic E-state index is 12.6.